The minimum absolute atomic E-state index is 0.271. The number of hydrogen-bond donors (Lipinski definition) is 1. The van der Waals surface area contributed by atoms with E-state index >= 15 is 0 Å². The Hall–Kier alpha value is -0.830. The van der Waals surface area contributed by atoms with Gasteiger partial charge in [0.15, 0.2) is 5.96 Å². The molecule has 25 heavy (non-hydrogen) atoms. The molecule has 0 bridgehead atoms. The van der Waals surface area contributed by atoms with Crippen molar-refractivity contribution in [1.29, 1.82) is 0 Å². The molecule has 0 aromatic rings. The van der Waals surface area contributed by atoms with Crippen LogP contribution in [0.2, 0.25) is 0 Å². The number of hydrogen-bond acceptors (Lipinski definition) is 3. The van der Waals surface area contributed by atoms with Crippen LogP contribution < -0.4 is 5.32 Å². The highest BCUT2D eigenvalue weighted by molar-refractivity contribution is 7.86. The minimum Gasteiger partial charge on any atom is -0.357 e. The topological polar surface area (TPSA) is 47.9 Å². The van der Waals surface area contributed by atoms with Crippen LogP contribution in [0, 0.1) is 0 Å². The van der Waals surface area contributed by atoms with Gasteiger partial charge in [-0.25, -0.2) is 0 Å². The van der Waals surface area contributed by atoms with E-state index in [0.29, 0.717) is 51.0 Å². The number of rotatable bonds is 5. The summed E-state index contributed by atoms with van der Waals surface area (Å²) in [6, 6.07) is -1.43. The number of nitrogens with zero attached hydrogens (tertiary/aromatic N) is 3. The number of piperazine rings is 1. The van der Waals surface area contributed by atoms with Crippen molar-refractivity contribution in [1.82, 2.24) is 15.1 Å². The van der Waals surface area contributed by atoms with Gasteiger partial charge in [0.05, 0.1) is 6.54 Å². The van der Waals surface area contributed by atoms with E-state index in [4.69, 9.17) is 0 Å². The third-order valence-corrected chi connectivity index (χ3v) is 6.11. The van der Waals surface area contributed by atoms with E-state index < -0.39 is 23.0 Å². The summed E-state index contributed by atoms with van der Waals surface area (Å²) in [5.41, 5.74) is 0. The first kappa shape index (κ1) is 22.2. The smallest absolute Gasteiger partial charge is 0.357 e. The fourth-order valence-corrected chi connectivity index (χ4v) is 3.36. The van der Waals surface area contributed by atoms with Gasteiger partial charge in [-0.15, -0.1) is 0 Å². The second kappa shape index (κ2) is 9.21. The molecule has 0 saturated carbocycles. The fourth-order valence-electron chi connectivity index (χ4n) is 2.49. The van der Waals surface area contributed by atoms with Crippen molar-refractivity contribution in [2.75, 3.05) is 45.0 Å². The van der Waals surface area contributed by atoms with Crippen molar-refractivity contribution in [2.45, 2.75) is 51.6 Å². The van der Waals surface area contributed by atoms with Crippen LogP contribution >= 0.6 is 0 Å². The summed E-state index contributed by atoms with van der Waals surface area (Å²) >= 11 is 0. The predicted molar refractivity (Wildman–Crippen MR) is 97.4 cm³/mol. The zero-order chi connectivity index (χ0) is 19.3. The van der Waals surface area contributed by atoms with E-state index in [1.807, 2.05) is 32.6 Å². The summed E-state index contributed by atoms with van der Waals surface area (Å²) < 4.78 is 50.3. The Morgan fingerprint density at radius 1 is 1.20 bits per heavy atom. The summed E-state index contributed by atoms with van der Waals surface area (Å²) in [7, 11) is -0.971. The van der Waals surface area contributed by atoms with Gasteiger partial charge in [-0.1, -0.05) is 0 Å². The number of halogens is 3. The van der Waals surface area contributed by atoms with Crippen molar-refractivity contribution < 1.29 is 17.4 Å². The second-order valence-electron chi connectivity index (χ2n) is 7.14. The van der Waals surface area contributed by atoms with Crippen molar-refractivity contribution in [3.8, 4) is 0 Å². The molecule has 148 valence electrons. The van der Waals surface area contributed by atoms with Crippen LogP contribution in [-0.4, -0.2) is 82.0 Å². The minimum atomic E-state index is -4.20. The lowest BCUT2D eigenvalue weighted by atomic mass is 10.2. The Balaban J connectivity index is 2.60. The van der Waals surface area contributed by atoms with Crippen LogP contribution in [0.15, 0.2) is 4.99 Å². The third kappa shape index (κ3) is 7.13. The second-order valence-corrected chi connectivity index (χ2v) is 9.46. The van der Waals surface area contributed by atoms with Gasteiger partial charge in [0.25, 0.3) is 0 Å². The number of nitrogens with one attached hydrogen (secondary N) is 1. The first-order chi connectivity index (χ1) is 11.5. The molecule has 9 heteroatoms. The predicted octanol–water partition coefficient (Wildman–Crippen LogP) is 2.07. The molecule has 5 nitrogen and oxygen atoms in total. The lowest BCUT2D eigenvalue weighted by Gasteiger charge is -2.39. The largest absolute Gasteiger partial charge is 0.403 e. The first-order valence-corrected chi connectivity index (χ1v) is 10.0. The maximum atomic E-state index is 12.8. The molecule has 1 saturated heterocycles. The Labute approximate surface area is 151 Å². The van der Waals surface area contributed by atoms with Crippen molar-refractivity contribution in [2.24, 2.45) is 4.99 Å². The molecule has 0 aromatic carbocycles. The summed E-state index contributed by atoms with van der Waals surface area (Å²) in [5.74, 6) is 1.16. The average molecular weight is 385 g/mol. The maximum absolute atomic E-state index is 12.8. The quantitative estimate of drug-likeness (QED) is 0.582. The highest BCUT2D eigenvalue weighted by atomic mass is 32.2. The van der Waals surface area contributed by atoms with E-state index in [0.717, 1.165) is 0 Å². The van der Waals surface area contributed by atoms with Gasteiger partial charge in [-0.3, -0.25) is 14.1 Å². The highest BCUT2D eigenvalue weighted by Crippen LogP contribution is 2.25. The zero-order valence-corrected chi connectivity index (χ0v) is 16.6. The molecule has 2 atom stereocenters. The van der Waals surface area contributed by atoms with Crippen molar-refractivity contribution >= 4 is 16.8 Å². The molecule has 0 aliphatic carbocycles. The molecule has 0 radical (unpaired) electrons. The zero-order valence-electron chi connectivity index (χ0n) is 15.8. The fraction of sp³-hybridized carbons (Fsp3) is 0.938. The molecule has 0 amide bonds. The van der Waals surface area contributed by atoms with Gasteiger partial charge in [-0.2, -0.15) is 13.2 Å². The lowest BCUT2D eigenvalue weighted by molar-refractivity contribution is -0.181. The number of aliphatic imine (C=N–C) groups is 1. The van der Waals surface area contributed by atoms with Crippen LogP contribution in [-0.2, 0) is 10.8 Å². The molecule has 1 fully saturated rings. The normalized spacial score (nSPS) is 20.5. The summed E-state index contributed by atoms with van der Waals surface area (Å²) in [6.07, 6.45) is -4.20. The van der Waals surface area contributed by atoms with Crippen LogP contribution in [0.3, 0.4) is 0 Å². The molecule has 2 unspecified atom stereocenters. The molecule has 1 aliphatic heterocycles. The van der Waals surface area contributed by atoms with Gasteiger partial charge in [0.1, 0.15) is 6.04 Å². The summed E-state index contributed by atoms with van der Waals surface area (Å²) in [6.45, 7) is 11.7. The van der Waals surface area contributed by atoms with E-state index in [1.54, 1.807) is 0 Å². The standard InChI is InChI=1S/C16H31F3N4OS/c1-6-20-14(21-7-12-25(24)15(3,4)5)23-10-8-22(9-11-23)13(2)16(17,18)19/h13H,6-12H2,1-5H3,(H,20,21). The Morgan fingerprint density at radius 2 is 1.76 bits per heavy atom. The van der Waals surface area contributed by atoms with Gasteiger partial charge in [0.2, 0.25) is 0 Å². The van der Waals surface area contributed by atoms with Crippen LogP contribution in [0.4, 0.5) is 13.2 Å². The van der Waals surface area contributed by atoms with Crippen LogP contribution in [0.5, 0.6) is 0 Å². The van der Waals surface area contributed by atoms with Crippen LogP contribution in [0.1, 0.15) is 34.6 Å². The van der Waals surface area contributed by atoms with Crippen molar-refractivity contribution in [3.63, 3.8) is 0 Å². The molecular formula is C16H31F3N4OS. The van der Waals surface area contributed by atoms with Gasteiger partial charge >= 0.3 is 6.18 Å². The molecule has 0 spiro atoms. The number of guanidine groups is 1. The summed E-state index contributed by atoms with van der Waals surface area (Å²) in [5, 5.41) is 3.18. The molecule has 1 rings (SSSR count). The van der Waals surface area contributed by atoms with E-state index in [2.05, 4.69) is 10.3 Å². The Bertz CT molecular complexity index is 469. The van der Waals surface area contributed by atoms with Crippen LogP contribution in [0.25, 0.3) is 0 Å². The number of alkyl halides is 3. The Kier molecular flexibility index (Phi) is 8.18. The van der Waals surface area contributed by atoms with E-state index in [1.165, 1.54) is 11.8 Å². The highest BCUT2D eigenvalue weighted by Gasteiger charge is 2.41. The summed E-state index contributed by atoms with van der Waals surface area (Å²) in [4.78, 5) is 7.94. The molecule has 1 heterocycles. The maximum Gasteiger partial charge on any atom is 0.403 e. The Morgan fingerprint density at radius 3 is 2.20 bits per heavy atom. The van der Waals surface area contributed by atoms with Gasteiger partial charge < -0.3 is 10.2 Å². The average Bonchev–Trinajstić information content (AvgIpc) is 2.51. The lowest BCUT2D eigenvalue weighted by Crippen LogP contribution is -2.56. The van der Waals surface area contributed by atoms with E-state index in [9.17, 15) is 17.4 Å². The monoisotopic (exact) mass is 384 g/mol. The van der Waals surface area contributed by atoms with Gasteiger partial charge in [0, 0.05) is 54.0 Å². The van der Waals surface area contributed by atoms with Crippen molar-refractivity contribution in [3.05, 3.63) is 0 Å². The molecular weight excluding hydrogens is 353 g/mol. The molecule has 0 aromatic heterocycles. The third-order valence-electron chi connectivity index (χ3n) is 4.19. The van der Waals surface area contributed by atoms with E-state index in [-0.39, 0.29) is 4.75 Å². The molecule has 1 N–H and O–H groups in total. The van der Waals surface area contributed by atoms with Gasteiger partial charge in [-0.05, 0) is 34.6 Å². The SMILES string of the molecule is CCNC(=NCCS(=O)C(C)(C)C)N1CCN(C(C)C(F)(F)F)CC1. The first-order valence-electron chi connectivity index (χ1n) is 8.69. The molecule has 1 aliphatic rings.